The number of para-hydroxylation sites is 1. The van der Waals surface area contributed by atoms with E-state index >= 15 is 0 Å². The molecule has 1 aromatic carbocycles. The van der Waals surface area contributed by atoms with E-state index in [1.807, 2.05) is 6.07 Å². The maximum Gasteiger partial charge on any atom is 0.0589 e. The van der Waals surface area contributed by atoms with E-state index in [9.17, 15) is 0 Å². The Morgan fingerprint density at radius 3 is 2.62 bits per heavy atom. The van der Waals surface area contributed by atoms with E-state index in [1.165, 1.54) is 24.2 Å². The van der Waals surface area contributed by atoms with Crippen LogP contribution in [0.15, 0.2) is 42.2 Å². The normalized spacial score (nSPS) is 15.5. The standard InChI is InChI=1S/C13H19N3/c1-3-4-8-13-11-16(14-15(13)2)12-9-6-5-7-10-12/h5-7,9-11,14H,3-4,8H2,1-2H3. The molecule has 0 aromatic heterocycles. The highest BCUT2D eigenvalue weighted by atomic mass is 15.8. The Labute approximate surface area is 97.3 Å². The molecule has 3 heteroatoms. The Balaban J connectivity index is 2.07. The SMILES string of the molecule is CCCCC1=CN(c2ccccc2)NN1C. The van der Waals surface area contributed by atoms with Crippen LogP contribution in [0.1, 0.15) is 26.2 Å². The predicted octanol–water partition coefficient (Wildman–Crippen LogP) is 2.89. The number of hydrazine groups is 2. The van der Waals surface area contributed by atoms with Crippen molar-refractivity contribution in [1.29, 1.82) is 0 Å². The number of anilines is 1. The topological polar surface area (TPSA) is 18.5 Å². The maximum atomic E-state index is 3.30. The van der Waals surface area contributed by atoms with Crippen LogP contribution in [0, 0.1) is 0 Å². The first-order chi connectivity index (χ1) is 7.81. The zero-order chi connectivity index (χ0) is 11.4. The first kappa shape index (κ1) is 11.0. The van der Waals surface area contributed by atoms with Crippen molar-refractivity contribution >= 4 is 5.69 Å². The smallest absolute Gasteiger partial charge is 0.0589 e. The second kappa shape index (κ2) is 5.03. The van der Waals surface area contributed by atoms with Crippen molar-refractivity contribution in [2.24, 2.45) is 0 Å². The molecule has 0 unspecified atom stereocenters. The first-order valence-electron chi connectivity index (χ1n) is 5.86. The van der Waals surface area contributed by atoms with Crippen LogP contribution in [-0.2, 0) is 0 Å². The molecule has 2 rings (SSSR count). The van der Waals surface area contributed by atoms with Gasteiger partial charge in [-0.25, -0.2) is 0 Å². The Hall–Kier alpha value is -1.48. The molecular formula is C13H19N3. The van der Waals surface area contributed by atoms with Crippen LogP contribution in [-0.4, -0.2) is 12.1 Å². The third kappa shape index (κ3) is 2.36. The molecule has 1 aromatic rings. The summed E-state index contributed by atoms with van der Waals surface area (Å²) in [5.74, 6) is 0. The van der Waals surface area contributed by atoms with Crippen LogP contribution in [0.2, 0.25) is 0 Å². The van der Waals surface area contributed by atoms with Gasteiger partial charge in [0.25, 0.3) is 0 Å². The van der Waals surface area contributed by atoms with E-state index in [1.54, 1.807) is 0 Å². The lowest BCUT2D eigenvalue weighted by atomic mass is 10.2. The van der Waals surface area contributed by atoms with Crippen molar-refractivity contribution in [1.82, 2.24) is 10.5 Å². The summed E-state index contributed by atoms with van der Waals surface area (Å²) in [6.45, 7) is 2.22. The van der Waals surface area contributed by atoms with Gasteiger partial charge in [-0.1, -0.05) is 31.5 Å². The van der Waals surface area contributed by atoms with E-state index in [0.717, 1.165) is 6.42 Å². The molecule has 1 heterocycles. The Kier molecular flexibility index (Phi) is 3.47. The predicted molar refractivity (Wildman–Crippen MR) is 67.4 cm³/mol. The molecule has 1 aliphatic rings. The number of nitrogens with zero attached hydrogens (tertiary/aromatic N) is 2. The number of hydrogen-bond donors (Lipinski definition) is 1. The zero-order valence-electron chi connectivity index (χ0n) is 9.98. The minimum Gasteiger partial charge on any atom is -0.296 e. The highest BCUT2D eigenvalue weighted by Crippen LogP contribution is 2.21. The minimum absolute atomic E-state index is 1.13. The van der Waals surface area contributed by atoms with Crippen LogP contribution in [0.3, 0.4) is 0 Å². The molecule has 16 heavy (non-hydrogen) atoms. The van der Waals surface area contributed by atoms with Crippen molar-refractivity contribution < 1.29 is 0 Å². The van der Waals surface area contributed by atoms with Crippen LogP contribution in [0.5, 0.6) is 0 Å². The summed E-state index contributed by atoms with van der Waals surface area (Å²) >= 11 is 0. The lowest BCUT2D eigenvalue weighted by Gasteiger charge is -2.20. The van der Waals surface area contributed by atoms with E-state index in [2.05, 4.69) is 60.0 Å². The Morgan fingerprint density at radius 1 is 1.19 bits per heavy atom. The lowest BCUT2D eigenvalue weighted by Crippen LogP contribution is -2.37. The van der Waals surface area contributed by atoms with E-state index in [-0.39, 0.29) is 0 Å². The fourth-order valence-corrected chi connectivity index (χ4v) is 1.80. The minimum atomic E-state index is 1.13. The molecule has 0 aliphatic carbocycles. The van der Waals surface area contributed by atoms with Crippen LogP contribution in [0.25, 0.3) is 0 Å². The van der Waals surface area contributed by atoms with E-state index in [0.29, 0.717) is 0 Å². The second-order valence-electron chi connectivity index (χ2n) is 4.09. The molecule has 86 valence electrons. The van der Waals surface area contributed by atoms with Gasteiger partial charge in [0.15, 0.2) is 0 Å². The Bertz CT molecular complexity index is 359. The summed E-state index contributed by atoms with van der Waals surface area (Å²) < 4.78 is 0. The van der Waals surface area contributed by atoms with Crippen molar-refractivity contribution in [3.05, 3.63) is 42.2 Å². The molecule has 1 aliphatic heterocycles. The number of allylic oxidation sites excluding steroid dienone is 1. The van der Waals surface area contributed by atoms with Gasteiger partial charge < -0.3 is 0 Å². The largest absolute Gasteiger partial charge is 0.296 e. The molecule has 1 N–H and O–H groups in total. The van der Waals surface area contributed by atoms with Crippen molar-refractivity contribution in [2.75, 3.05) is 12.1 Å². The quantitative estimate of drug-likeness (QED) is 0.836. The highest BCUT2D eigenvalue weighted by molar-refractivity contribution is 5.49. The number of hydrogen-bond acceptors (Lipinski definition) is 3. The average Bonchev–Trinajstić information content (AvgIpc) is 2.69. The maximum absolute atomic E-state index is 3.30. The van der Waals surface area contributed by atoms with Gasteiger partial charge in [-0.2, -0.15) is 0 Å². The molecule has 0 fully saturated rings. The van der Waals surface area contributed by atoms with Gasteiger partial charge in [-0.3, -0.25) is 10.0 Å². The fraction of sp³-hybridized carbons (Fsp3) is 0.385. The molecule has 3 nitrogen and oxygen atoms in total. The summed E-state index contributed by atoms with van der Waals surface area (Å²) in [7, 11) is 2.06. The fourth-order valence-electron chi connectivity index (χ4n) is 1.80. The lowest BCUT2D eigenvalue weighted by molar-refractivity contribution is 0.321. The second-order valence-corrected chi connectivity index (χ2v) is 4.09. The van der Waals surface area contributed by atoms with E-state index in [4.69, 9.17) is 0 Å². The summed E-state index contributed by atoms with van der Waals surface area (Å²) in [5, 5.41) is 4.15. The molecule has 0 atom stereocenters. The monoisotopic (exact) mass is 217 g/mol. The molecule has 0 radical (unpaired) electrons. The molecular weight excluding hydrogens is 198 g/mol. The van der Waals surface area contributed by atoms with Crippen molar-refractivity contribution in [3.8, 4) is 0 Å². The average molecular weight is 217 g/mol. The summed E-state index contributed by atoms with van der Waals surface area (Å²) in [5.41, 5.74) is 5.81. The van der Waals surface area contributed by atoms with Crippen LogP contribution < -0.4 is 10.5 Å². The van der Waals surface area contributed by atoms with Gasteiger partial charge in [-0.15, -0.1) is 5.53 Å². The number of nitrogens with one attached hydrogen (secondary N) is 1. The zero-order valence-corrected chi connectivity index (χ0v) is 9.98. The molecule has 0 amide bonds. The third-order valence-corrected chi connectivity index (χ3v) is 2.79. The number of unbranched alkanes of at least 4 members (excludes halogenated alkanes) is 1. The molecule has 0 bridgehead atoms. The Morgan fingerprint density at radius 2 is 1.94 bits per heavy atom. The van der Waals surface area contributed by atoms with Gasteiger partial charge in [0.2, 0.25) is 0 Å². The number of rotatable bonds is 4. The highest BCUT2D eigenvalue weighted by Gasteiger charge is 2.17. The van der Waals surface area contributed by atoms with Crippen molar-refractivity contribution in [2.45, 2.75) is 26.2 Å². The molecule has 0 spiro atoms. The van der Waals surface area contributed by atoms with E-state index < -0.39 is 0 Å². The third-order valence-electron chi connectivity index (χ3n) is 2.79. The van der Waals surface area contributed by atoms with Gasteiger partial charge >= 0.3 is 0 Å². The summed E-state index contributed by atoms with van der Waals surface area (Å²) in [4.78, 5) is 0. The van der Waals surface area contributed by atoms with Gasteiger partial charge in [0, 0.05) is 18.9 Å². The first-order valence-corrected chi connectivity index (χ1v) is 5.86. The molecule has 0 saturated heterocycles. The van der Waals surface area contributed by atoms with Gasteiger partial charge in [0.05, 0.1) is 5.69 Å². The van der Waals surface area contributed by atoms with Crippen LogP contribution >= 0.6 is 0 Å². The summed E-state index contributed by atoms with van der Waals surface area (Å²) in [6, 6.07) is 10.3. The summed E-state index contributed by atoms with van der Waals surface area (Å²) in [6.07, 6.45) is 5.77. The number of benzene rings is 1. The molecule has 0 saturated carbocycles. The van der Waals surface area contributed by atoms with Gasteiger partial charge in [-0.05, 0) is 25.0 Å². The van der Waals surface area contributed by atoms with Gasteiger partial charge in [0.1, 0.15) is 0 Å². The van der Waals surface area contributed by atoms with Crippen molar-refractivity contribution in [3.63, 3.8) is 0 Å². The van der Waals surface area contributed by atoms with Crippen LogP contribution in [0.4, 0.5) is 5.69 Å².